The van der Waals surface area contributed by atoms with Gasteiger partial charge in [-0.05, 0) is 97.9 Å². The van der Waals surface area contributed by atoms with Gasteiger partial charge in [-0.1, -0.05) is 36.4 Å². The molecule has 0 saturated carbocycles. The van der Waals surface area contributed by atoms with Crippen LogP contribution in [-0.4, -0.2) is 80.1 Å². The highest BCUT2D eigenvalue weighted by Gasteiger charge is 2.38. The number of amides is 2. The molecule has 4 aliphatic rings. The molecular formula is C38H40N6O4. The van der Waals surface area contributed by atoms with E-state index in [0.717, 1.165) is 120 Å². The summed E-state index contributed by atoms with van der Waals surface area (Å²) in [7, 11) is 0. The first-order valence-corrected chi connectivity index (χ1v) is 17.5. The number of ether oxygens (including phenoxy) is 2. The van der Waals surface area contributed by atoms with Crippen LogP contribution in [0.4, 0.5) is 0 Å². The topological polar surface area (TPSA) is 116 Å². The maximum Gasteiger partial charge on any atom is 0.252 e. The van der Waals surface area contributed by atoms with Crippen LogP contribution in [0, 0.1) is 0 Å². The quantitative estimate of drug-likeness (QED) is 0.219. The summed E-state index contributed by atoms with van der Waals surface area (Å²) in [6.07, 6.45) is 6.67. The fraction of sp³-hybridized carbons (Fsp3) is 0.421. The van der Waals surface area contributed by atoms with E-state index in [1.807, 2.05) is 9.80 Å². The van der Waals surface area contributed by atoms with E-state index in [0.29, 0.717) is 13.2 Å². The van der Waals surface area contributed by atoms with Gasteiger partial charge in [0.1, 0.15) is 23.9 Å². The van der Waals surface area contributed by atoms with Gasteiger partial charge in [0.25, 0.3) is 11.8 Å². The number of rotatable bonds is 6. The smallest absolute Gasteiger partial charge is 0.252 e. The first-order chi connectivity index (χ1) is 23.6. The van der Waals surface area contributed by atoms with E-state index in [9.17, 15) is 9.59 Å². The van der Waals surface area contributed by atoms with Gasteiger partial charge in [-0.15, -0.1) is 0 Å². The summed E-state index contributed by atoms with van der Waals surface area (Å²) < 4.78 is 11.4. The third kappa shape index (κ3) is 5.27. The van der Waals surface area contributed by atoms with Crippen molar-refractivity contribution in [1.82, 2.24) is 29.7 Å². The highest BCUT2D eigenvalue weighted by molar-refractivity contribution is 5.86. The van der Waals surface area contributed by atoms with Crippen LogP contribution in [0.1, 0.15) is 75.1 Å². The van der Waals surface area contributed by atoms with E-state index in [1.54, 1.807) is 0 Å². The summed E-state index contributed by atoms with van der Waals surface area (Å²) in [6.45, 7) is 2.85. The van der Waals surface area contributed by atoms with Gasteiger partial charge in [0.05, 0.1) is 34.2 Å². The van der Waals surface area contributed by atoms with Gasteiger partial charge in [-0.25, -0.2) is 9.97 Å². The number of nitrogens with one attached hydrogen (secondary N) is 2. The van der Waals surface area contributed by atoms with Crippen LogP contribution in [0.3, 0.4) is 0 Å². The zero-order valence-electron chi connectivity index (χ0n) is 27.0. The van der Waals surface area contributed by atoms with Crippen LogP contribution in [0.5, 0.6) is 0 Å². The molecule has 10 nitrogen and oxygen atoms in total. The first-order valence-electron chi connectivity index (χ1n) is 17.5. The van der Waals surface area contributed by atoms with Crippen LogP contribution >= 0.6 is 0 Å². The molecule has 4 aliphatic heterocycles. The van der Waals surface area contributed by atoms with Crippen molar-refractivity contribution in [3.63, 3.8) is 0 Å². The predicted octanol–water partition coefficient (Wildman–Crippen LogP) is 6.46. The number of benzene rings is 3. The van der Waals surface area contributed by atoms with E-state index in [2.05, 4.69) is 70.6 Å². The number of aromatic amines is 2. The Morgan fingerprint density at radius 2 is 1.02 bits per heavy atom. The average molecular weight is 645 g/mol. The molecular weight excluding hydrogens is 604 g/mol. The van der Waals surface area contributed by atoms with E-state index < -0.39 is 0 Å². The molecule has 48 heavy (non-hydrogen) atoms. The number of carbonyl (C=O) groups excluding carboxylic acids is 2. The number of nitrogens with zero attached hydrogens (tertiary/aromatic N) is 4. The van der Waals surface area contributed by atoms with Gasteiger partial charge in [0, 0.05) is 26.3 Å². The number of likely N-dealkylation sites (tertiary alicyclic amines) is 2. The summed E-state index contributed by atoms with van der Waals surface area (Å²) in [6, 6.07) is 21.2. The van der Waals surface area contributed by atoms with Crippen molar-refractivity contribution >= 4 is 33.9 Å². The lowest BCUT2D eigenvalue weighted by Gasteiger charge is -2.25. The zero-order valence-corrected chi connectivity index (χ0v) is 27.0. The van der Waals surface area contributed by atoms with Crippen LogP contribution in [0.2, 0.25) is 0 Å². The van der Waals surface area contributed by atoms with Crippen LogP contribution in [-0.2, 0) is 19.1 Å². The van der Waals surface area contributed by atoms with Crippen molar-refractivity contribution in [3.8, 4) is 22.3 Å². The fourth-order valence-corrected chi connectivity index (χ4v) is 8.13. The van der Waals surface area contributed by atoms with E-state index >= 15 is 0 Å². The third-order valence-corrected chi connectivity index (χ3v) is 10.7. The second kappa shape index (κ2) is 12.2. The van der Waals surface area contributed by atoms with Crippen molar-refractivity contribution in [2.75, 3.05) is 26.3 Å². The number of hydrogen-bond donors (Lipinski definition) is 2. The molecule has 2 aromatic heterocycles. The Kier molecular flexibility index (Phi) is 7.50. The molecule has 0 unspecified atom stereocenters. The van der Waals surface area contributed by atoms with Gasteiger partial charge in [0.15, 0.2) is 0 Å². The minimum atomic E-state index is -0.305. The van der Waals surface area contributed by atoms with Crippen molar-refractivity contribution in [2.24, 2.45) is 0 Å². The molecule has 9 rings (SSSR count). The van der Waals surface area contributed by atoms with Gasteiger partial charge in [-0.3, -0.25) is 9.59 Å². The summed E-state index contributed by atoms with van der Waals surface area (Å²) in [4.78, 5) is 47.1. The van der Waals surface area contributed by atoms with Gasteiger partial charge in [0.2, 0.25) is 0 Å². The van der Waals surface area contributed by atoms with Crippen molar-refractivity contribution in [3.05, 3.63) is 72.3 Å². The molecule has 0 spiro atoms. The molecule has 246 valence electrons. The Bertz CT molecular complexity index is 1840. The lowest BCUT2D eigenvalue weighted by molar-refractivity contribution is -0.142. The van der Waals surface area contributed by atoms with Crippen LogP contribution in [0.25, 0.3) is 44.3 Å². The van der Waals surface area contributed by atoms with E-state index in [1.165, 1.54) is 0 Å². The predicted molar refractivity (Wildman–Crippen MR) is 182 cm³/mol. The van der Waals surface area contributed by atoms with Crippen molar-refractivity contribution < 1.29 is 19.1 Å². The number of carbonyl (C=O) groups is 2. The second-order valence-corrected chi connectivity index (χ2v) is 13.7. The molecule has 2 N–H and O–H groups in total. The Balaban J connectivity index is 0.923. The Hall–Kier alpha value is -4.54. The standard InChI is InChI=1S/C38H40N6O4/c45-37(33-7-3-19-47-33)43-17-1-5-31(43)35-39-27-15-13-25(21-29(27)41-35)23-9-11-24(12-10-23)26-14-16-28-30(22-26)42-36(40-28)32-6-2-18-44(32)38(46)34-8-4-20-48-34/h9-16,21-22,31-34H,1-8,17-20H2,(H,39,41)(H,40,42)/t31-,32-,33+,34+/m0/s1. The molecule has 5 aromatic rings. The third-order valence-electron chi connectivity index (χ3n) is 10.7. The second-order valence-electron chi connectivity index (χ2n) is 13.7. The molecule has 4 atom stereocenters. The zero-order chi connectivity index (χ0) is 32.2. The molecule has 10 heteroatoms. The fourth-order valence-electron chi connectivity index (χ4n) is 8.13. The number of imidazole rings is 2. The minimum Gasteiger partial charge on any atom is -0.368 e. The molecule has 0 bridgehead atoms. The normalized spacial score (nSPS) is 24.4. The minimum absolute atomic E-state index is 0.0359. The van der Waals surface area contributed by atoms with Crippen molar-refractivity contribution in [2.45, 2.75) is 75.7 Å². The highest BCUT2D eigenvalue weighted by atomic mass is 16.5. The lowest BCUT2D eigenvalue weighted by Crippen LogP contribution is -2.38. The number of fused-ring (bicyclic) bond motifs is 2. The maximum absolute atomic E-state index is 13.1. The van der Waals surface area contributed by atoms with Gasteiger partial charge < -0.3 is 29.2 Å². The van der Waals surface area contributed by atoms with E-state index in [-0.39, 0.29) is 36.1 Å². The largest absolute Gasteiger partial charge is 0.368 e. The lowest BCUT2D eigenvalue weighted by atomic mass is 10.00. The first kappa shape index (κ1) is 29.6. The molecule has 4 saturated heterocycles. The van der Waals surface area contributed by atoms with Crippen LogP contribution < -0.4 is 0 Å². The van der Waals surface area contributed by atoms with Gasteiger partial charge in [-0.2, -0.15) is 0 Å². The summed E-state index contributed by atoms with van der Waals surface area (Å²) in [5.74, 6) is 1.92. The number of H-pyrrole nitrogens is 2. The Labute approximate surface area is 278 Å². The SMILES string of the molecule is O=C([C@H]1CCCO1)N1CCC[C@H]1c1nc2ccc(-c3ccc(-c4ccc5nc([C@@H]6CCCN6C(=O)[C@H]6CCCO6)[nH]c5c4)cc3)cc2[nH]1. The number of hydrogen-bond acceptors (Lipinski definition) is 6. The average Bonchev–Trinajstić information content (AvgIpc) is 3.97. The Morgan fingerprint density at radius 3 is 1.44 bits per heavy atom. The summed E-state index contributed by atoms with van der Waals surface area (Å²) >= 11 is 0. The van der Waals surface area contributed by atoms with Crippen LogP contribution in [0.15, 0.2) is 60.7 Å². The molecule has 2 amide bonds. The maximum atomic E-state index is 13.1. The monoisotopic (exact) mass is 644 g/mol. The van der Waals surface area contributed by atoms with E-state index in [4.69, 9.17) is 19.4 Å². The molecule has 0 aliphatic carbocycles. The molecule has 4 fully saturated rings. The molecule has 6 heterocycles. The Morgan fingerprint density at radius 1 is 0.583 bits per heavy atom. The number of aromatic nitrogens is 4. The molecule has 0 radical (unpaired) electrons. The van der Waals surface area contributed by atoms with Gasteiger partial charge >= 0.3 is 0 Å². The summed E-state index contributed by atoms with van der Waals surface area (Å²) in [5.41, 5.74) is 8.22. The van der Waals surface area contributed by atoms with Crippen molar-refractivity contribution in [1.29, 1.82) is 0 Å². The molecule has 3 aromatic carbocycles. The summed E-state index contributed by atoms with van der Waals surface area (Å²) in [5, 5.41) is 0. The highest BCUT2D eigenvalue weighted by Crippen LogP contribution is 2.36.